The molecule has 8 nitrogen and oxygen atoms in total. The third-order valence-corrected chi connectivity index (χ3v) is 7.62. The first-order valence-electron chi connectivity index (χ1n) is 13.2. The molecule has 1 saturated heterocycles. The van der Waals surface area contributed by atoms with Crippen LogP contribution in [0.2, 0.25) is 0 Å². The van der Waals surface area contributed by atoms with Gasteiger partial charge in [0, 0.05) is 53.7 Å². The second-order valence-electron chi connectivity index (χ2n) is 10.1. The van der Waals surface area contributed by atoms with E-state index in [4.69, 9.17) is 19.4 Å². The van der Waals surface area contributed by atoms with Crippen LogP contribution in [0.25, 0.3) is 39.3 Å². The minimum absolute atomic E-state index is 0.0537. The Morgan fingerprint density at radius 2 is 1.75 bits per heavy atom. The average Bonchev–Trinajstić information content (AvgIpc) is 3.42. The maximum absolute atomic E-state index is 13.2. The van der Waals surface area contributed by atoms with Gasteiger partial charge in [-0.25, -0.2) is 9.97 Å². The number of nitrogens with one attached hydrogen (secondary N) is 1. The number of nitrogens with zero attached hydrogens (tertiary/aromatic N) is 4. The van der Waals surface area contributed by atoms with E-state index in [1.807, 2.05) is 65.6 Å². The van der Waals surface area contributed by atoms with Crippen molar-refractivity contribution >= 4 is 39.6 Å². The van der Waals surface area contributed by atoms with E-state index < -0.39 is 0 Å². The lowest BCUT2D eigenvalue weighted by atomic mass is 10.0. The molecule has 1 aliphatic carbocycles. The molecule has 7 rings (SSSR count). The molecule has 3 aromatic carbocycles. The first-order chi connectivity index (χ1) is 19.6. The van der Waals surface area contributed by atoms with Gasteiger partial charge in [-0.15, -0.1) is 0 Å². The number of carbonyl (C=O) groups is 1. The number of aromatic nitrogens is 3. The highest BCUT2D eigenvalue weighted by molar-refractivity contribution is 6.01. The summed E-state index contributed by atoms with van der Waals surface area (Å²) in [5, 5.41) is 5.41. The van der Waals surface area contributed by atoms with Crippen LogP contribution in [0.15, 0.2) is 78.5 Å². The van der Waals surface area contributed by atoms with Gasteiger partial charge in [0.05, 0.1) is 31.3 Å². The molecule has 198 valence electrons. The summed E-state index contributed by atoms with van der Waals surface area (Å²) in [6, 6.07) is 21.9. The summed E-state index contributed by atoms with van der Waals surface area (Å²) in [6.07, 6.45) is 4.48. The van der Waals surface area contributed by atoms with Gasteiger partial charge in [0.15, 0.2) is 17.3 Å². The van der Waals surface area contributed by atoms with Crippen molar-refractivity contribution in [1.82, 2.24) is 19.9 Å². The number of methoxy groups -OCH3 is 2. The lowest BCUT2D eigenvalue weighted by molar-refractivity contribution is -0.130. The molecule has 2 aliphatic rings. The Labute approximate surface area is 231 Å². The summed E-state index contributed by atoms with van der Waals surface area (Å²) in [5.41, 5.74) is 5.58. The molecule has 2 aromatic heterocycles. The molecular formula is C32H27N5O3. The third kappa shape index (κ3) is 4.09. The predicted molar refractivity (Wildman–Crippen MR) is 155 cm³/mol. The maximum atomic E-state index is 13.2. The maximum Gasteiger partial charge on any atom is 0.250 e. The van der Waals surface area contributed by atoms with Crippen LogP contribution in [0.4, 0.5) is 5.82 Å². The molecule has 0 unspecified atom stereocenters. The number of fused-ring (bicyclic) bond motifs is 3. The average molecular weight is 530 g/mol. The zero-order valence-corrected chi connectivity index (χ0v) is 22.2. The zero-order valence-electron chi connectivity index (χ0n) is 22.2. The van der Waals surface area contributed by atoms with Gasteiger partial charge in [0.25, 0.3) is 0 Å². The molecule has 5 aromatic rings. The number of rotatable bonds is 6. The number of pyridine rings is 1. The Morgan fingerprint density at radius 1 is 0.950 bits per heavy atom. The summed E-state index contributed by atoms with van der Waals surface area (Å²) in [6.45, 7) is 1.19. The Kier molecular flexibility index (Phi) is 5.81. The highest BCUT2D eigenvalue weighted by Gasteiger charge is 2.34. The van der Waals surface area contributed by atoms with Crippen molar-refractivity contribution in [3.63, 3.8) is 0 Å². The van der Waals surface area contributed by atoms with Crippen LogP contribution in [0, 0.1) is 0 Å². The van der Waals surface area contributed by atoms with Crippen LogP contribution in [0.1, 0.15) is 11.1 Å². The fraction of sp³-hybridized carbons (Fsp3) is 0.188. The summed E-state index contributed by atoms with van der Waals surface area (Å²) >= 11 is 0. The normalized spacial score (nSPS) is 14.6. The molecule has 3 heterocycles. The van der Waals surface area contributed by atoms with E-state index in [9.17, 15) is 4.79 Å². The van der Waals surface area contributed by atoms with Gasteiger partial charge < -0.3 is 19.7 Å². The molecule has 1 amide bonds. The lowest BCUT2D eigenvalue weighted by Gasteiger charge is -2.40. The molecule has 0 spiro atoms. The van der Waals surface area contributed by atoms with Gasteiger partial charge in [-0.3, -0.25) is 9.78 Å². The lowest BCUT2D eigenvalue weighted by Crippen LogP contribution is -2.57. The second kappa shape index (κ2) is 9.64. The van der Waals surface area contributed by atoms with Crippen molar-refractivity contribution in [3.8, 4) is 22.9 Å². The summed E-state index contributed by atoms with van der Waals surface area (Å²) < 4.78 is 11.1. The Morgan fingerprint density at radius 3 is 2.58 bits per heavy atom. The van der Waals surface area contributed by atoms with Crippen molar-refractivity contribution in [2.45, 2.75) is 12.5 Å². The molecule has 0 bridgehead atoms. The zero-order chi connectivity index (χ0) is 27.2. The number of anilines is 1. The minimum atomic E-state index is 0.0537. The smallest absolute Gasteiger partial charge is 0.250 e. The van der Waals surface area contributed by atoms with Gasteiger partial charge in [-0.2, -0.15) is 0 Å². The SMILES string of the molecule is COc1cc2nc(-c3cccc4cccnc34)nc(NC3CN(C(=O)C4=Cc5ccccc5C4)C3)c2cc1OC. The standard InChI is InChI=1S/C32H27N5O3/c1-39-27-15-25-26(16-28(27)40-2)35-30(24-11-5-9-19-10-6-12-33-29(19)24)36-31(25)34-23-17-37(18-23)32(38)22-13-20-7-3-4-8-21(20)14-22/h3-13,15-16,23H,14,17-18H2,1-2H3,(H,34,35,36). The van der Waals surface area contributed by atoms with Gasteiger partial charge in [0.1, 0.15) is 5.82 Å². The van der Waals surface area contributed by atoms with Crippen LogP contribution >= 0.6 is 0 Å². The second-order valence-corrected chi connectivity index (χ2v) is 10.1. The van der Waals surface area contributed by atoms with E-state index in [1.54, 1.807) is 20.4 Å². The van der Waals surface area contributed by atoms with Gasteiger partial charge >= 0.3 is 0 Å². The van der Waals surface area contributed by atoms with Crippen LogP contribution in [0.3, 0.4) is 0 Å². The van der Waals surface area contributed by atoms with E-state index in [-0.39, 0.29) is 11.9 Å². The quantitative estimate of drug-likeness (QED) is 0.326. The molecule has 0 atom stereocenters. The van der Waals surface area contributed by atoms with Crippen LogP contribution in [0.5, 0.6) is 11.5 Å². The van der Waals surface area contributed by atoms with Crippen molar-refractivity contribution in [2.24, 2.45) is 0 Å². The van der Waals surface area contributed by atoms with E-state index >= 15 is 0 Å². The largest absolute Gasteiger partial charge is 0.493 e. The summed E-state index contributed by atoms with van der Waals surface area (Å²) in [4.78, 5) is 29.6. The molecule has 40 heavy (non-hydrogen) atoms. The number of benzene rings is 3. The predicted octanol–water partition coefficient (Wildman–Crippen LogP) is 5.12. The Hall–Kier alpha value is -4.98. The molecule has 0 radical (unpaired) electrons. The minimum Gasteiger partial charge on any atom is -0.493 e. The Balaban J connectivity index is 1.20. The first kappa shape index (κ1) is 24.1. The Bertz CT molecular complexity index is 1820. The number of carbonyl (C=O) groups excluding carboxylic acids is 1. The molecule has 1 fully saturated rings. The fourth-order valence-corrected chi connectivity index (χ4v) is 5.52. The van der Waals surface area contributed by atoms with Crippen molar-refractivity contribution in [1.29, 1.82) is 0 Å². The number of hydrogen-bond donors (Lipinski definition) is 1. The van der Waals surface area contributed by atoms with E-state index in [1.165, 1.54) is 5.56 Å². The molecule has 8 heteroatoms. The van der Waals surface area contributed by atoms with Crippen molar-refractivity contribution in [3.05, 3.63) is 89.6 Å². The van der Waals surface area contributed by atoms with Crippen molar-refractivity contribution in [2.75, 3.05) is 32.6 Å². The van der Waals surface area contributed by atoms with Crippen molar-refractivity contribution < 1.29 is 14.3 Å². The number of hydrogen-bond acceptors (Lipinski definition) is 7. The topological polar surface area (TPSA) is 89.5 Å². The van der Waals surface area contributed by atoms with Crippen LogP contribution in [-0.4, -0.2) is 59.1 Å². The van der Waals surface area contributed by atoms with E-state index in [0.29, 0.717) is 42.7 Å². The summed E-state index contributed by atoms with van der Waals surface area (Å²) in [7, 11) is 3.22. The number of para-hydroxylation sites is 1. The van der Waals surface area contributed by atoms with Gasteiger partial charge in [-0.05, 0) is 35.4 Å². The molecular weight excluding hydrogens is 502 g/mol. The highest BCUT2D eigenvalue weighted by Crippen LogP contribution is 2.37. The summed E-state index contributed by atoms with van der Waals surface area (Å²) in [5.74, 6) is 2.52. The number of likely N-dealkylation sites (tertiary alicyclic amines) is 1. The van der Waals surface area contributed by atoms with E-state index in [2.05, 4.69) is 22.4 Å². The molecule has 0 saturated carbocycles. The fourth-order valence-electron chi connectivity index (χ4n) is 5.52. The van der Waals surface area contributed by atoms with Crippen LogP contribution < -0.4 is 14.8 Å². The third-order valence-electron chi connectivity index (χ3n) is 7.62. The number of ether oxygens (including phenoxy) is 2. The monoisotopic (exact) mass is 529 g/mol. The van der Waals surface area contributed by atoms with E-state index in [0.717, 1.165) is 38.5 Å². The molecule has 1 aliphatic heterocycles. The highest BCUT2D eigenvalue weighted by atomic mass is 16.5. The first-order valence-corrected chi connectivity index (χ1v) is 13.2. The van der Waals surface area contributed by atoms with Crippen LogP contribution in [-0.2, 0) is 11.2 Å². The number of amides is 1. The van der Waals surface area contributed by atoms with Gasteiger partial charge in [-0.1, -0.05) is 42.5 Å². The van der Waals surface area contributed by atoms with Gasteiger partial charge in [0.2, 0.25) is 5.91 Å². The molecule has 1 N–H and O–H groups in total.